The summed E-state index contributed by atoms with van der Waals surface area (Å²) in [5.74, 6) is 0.482. The van der Waals surface area contributed by atoms with Gasteiger partial charge in [0.05, 0.1) is 5.60 Å². The third-order valence-electron chi connectivity index (χ3n) is 4.32. The van der Waals surface area contributed by atoms with E-state index in [-0.39, 0.29) is 0 Å². The summed E-state index contributed by atoms with van der Waals surface area (Å²) in [7, 11) is 0. The van der Waals surface area contributed by atoms with E-state index in [9.17, 15) is 5.11 Å². The standard InChI is InChI=1S/C14H18INO/c15-13-3-1-11(2-4-13)9-14(17)6-8-16-7-5-12(14)10-16/h1-4,12,17H,5-10H2. The average molecular weight is 343 g/mol. The van der Waals surface area contributed by atoms with Gasteiger partial charge in [-0.2, -0.15) is 0 Å². The van der Waals surface area contributed by atoms with Crippen molar-refractivity contribution in [1.29, 1.82) is 0 Å². The molecule has 3 heteroatoms. The van der Waals surface area contributed by atoms with Crippen LogP contribution in [0.3, 0.4) is 0 Å². The van der Waals surface area contributed by atoms with Crippen LogP contribution in [0, 0.1) is 9.49 Å². The minimum absolute atomic E-state index is 0.459. The van der Waals surface area contributed by atoms with Crippen molar-refractivity contribution in [2.24, 2.45) is 5.92 Å². The highest BCUT2D eigenvalue weighted by Gasteiger charge is 2.44. The van der Waals surface area contributed by atoms with Crippen LogP contribution in [0.4, 0.5) is 0 Å². The monoisotopic (exact) mass is 343 g/mol. The summed E-state index contributed by atoms with van der Waals surface area (Å²) >= 11 is 2.32. The Balaban J connectivity index is 1.77. The molecule has 3 rings (SSSR count). The molecule has 2 nitrogen and oxygen atoms in total. The molecule has 0 spiro atoms. The molecule has 1 aromatic rings. The number of rotatable bonds is 2. The Morgan fingerprint density at radius 2 is 2.06 bits per heavy atom. The van der Waals surface area contributed by atoms with E-state index in [2.05, 4.69) is 51.8 Å². The first-order chi connectivity index (χ1) is 8.16. The molecule has 0 amide bonds. The maximum atomic E-state index is 10.9. The number of hydrogen-bond donors (Lipinski definition) is 1. The minimum Gasteiger partial charge on any atom is -0.389 e. The lowest BCUT2D eigenvalue weighted by Crippen LogP contribution is -2.47. The SMILES string of the molecule is OC1(Cc2ccc(I)cc2)CCN2CCC1C2. The third kappa shape index (κ3) is 2.37. The summed E-state index contributed by atoms with van der Waals surface area (Å²) in [6.07, 6.45) is 2.92. The Morgan fingerprint density at radius 1 is 1.29 bits per heavy atom. The van der Waals surface area contributed by atoms with Gasteiger partial charge in [0, 0.05) is 29.0 Å². The summed E-state index contributed by atoms with van der Waals surface area (Å²) in [4.78, 5) is 2.48. The molecule has 0 saturated carbocycles. The van der Waals surface area contributed by atoms with Gasteiger partial charge >= 0.3 is 0 Å². The van der Waals surface area contributed by atoms with E-state index in [1.807, 2.05) is 0 Å². The van der Waals surface area contributed by atoms with Crippen LogP contribution in [0.15, 0.2) is 24.3 Å². The van der Waals surface area contributed by atoms with Crippen LogP contribution in [0.1, 0.15) is 18.4 Å². The average Bonchev–Trinajstić information content (AvgIpc) is 2.74. The first kappa shape index (κ1) is 11.9. The highest BCUT2D eigenvalue weighted by atomic mass is 127. The van der Waals surface area contributed by atoms with Gasteiger partial charge in [0.15, 0.2) is 0 Å². The topological polar surface area (TPSA) is 23.5 Å². The van der Waals surface area contributed by atoms with Gasteiger partial charge < -0.3 is 10.0 Å². The van der Waals surface area contributed by atoms with Gasteiger partial charge in [-0.25, -0.2) is 0 Å². The van der Waals surface area contributed by atoms with Gasteiger partial charge in [-0.1, -0.05) is 12.1 Å². The Morgan fingerprint density at radius 3 is 2.82 bits per heavy atom. The Bertz CT molecular complexity index is 405. The van der Waals surface area contributed by atoms with Crippen LogP contribution in [0.2, 0.25) is 0 Å². The van der Waals surface area contributed by atoms with Gasteiger partial charge in [-0.3, -0.25) is 0 Å². The van der Waals surface area contributed by atoms with Crippen molar-refractivity contribution in [3.05, 3.63) is 33.4 Å². The quantitative estimate of drug-likeness (QED) is 0.833. The molecular weight excluding hydrogens is 325 g/mol. The van der Waals surface area contributed by atoms with E-state index in [1.54, 1.807) is 0 Å². The molecule has 92 valence electrons. The molecule has 1 aromatic carbocycles. The highest BCUT2D eigenvalue weighted by molar-refractivity contribution is 14.1. The van der Waals surface area contributed by atoms with Crippen LogP contribution < -0.4 is 0 Å². The molecule has 1 N–H and O–H groups in total. The van der Waals surface area contributed by atoms with Crippen molar-refractivity contribution >= 4 is 22.6 Å². The largest absolute Gasteiger partial charge is 0.389 e. The number of hydrogen-bond acceptors (Lipinski definition) is 2. The van der Waals surface area contributed by atoms with E-state index in [4.69, 9.17) is 0 Å². The summed E-state index contributed by atoms with van der Waals surface area (Å²) in [6.45, 7) is 3.35. The molecule has 2 bridgehead atoms. The van der Waals surface area contributed by atoms with Crippen LogP contribution in [0.25, 0.3) is 0 Å². The number of aliphatic hydroxyl groups is 1. The molecular formula is C14H18INO. The number of nitrogens with zero attached hydrogens (tertiary/aromatic N) is 1. The van der Waals surface area contributed by atoms with Crippen molar-refractivity contribution in [3.8, 4) is 0 Å². The fourth-order valence-corrected chi connectivity index (χ4v) is 3.58. The Hall–Kier alpha value is -0.130. The second-order valence-corrected chi connectivity index (χ2v) is 6.69. The maximum absolute atomic E-state index is 10.9. The number of piperidine rings is 1. The predicted molar refractivity (Wildman–Crippen MR) is 77.0 cm³/mol. The van der Waals surface area contributed by atoms with Crippen LogP contribution in [-0.2, 0) is 6.42 Å². The van der Waals surface area contributed by atoms with Gasteiger partial charge in [-0.15, -0.1) is 0 Å². The molecule has 2 saturated heterocycles. The van der Waals surface area contributed by atoms with E-state index >= 15 is 0 Å². The summed E-state index contributed by atoms with van der Waals surface area (Å²) in [6, 6.07) is 8.56. The molecule has 0 radical (unpaired) electrons. The third-order valence-corrected chi connectivity index (χ3v) is 5.04. The maximum Gasteiger partial charge on any atom is 0.0740 e. The molecule has 0 aromatic heterocycles. The van der Waals surface area contributed by atoms with Crippen molar-refractivity contribution in [1.82, 2.24) is 4.90 Å². The molecule has 2 aliphatic rings. The smallest absolute Gasteiger partial charge is 0.0740 e. The number of fused-ring (bicyclic) bond motifs is 2. The van der Waals surface area contributed by atoms with Crippen LogP contribution >= 0.6 is 22.6 Å². The van der Waals surface area contributed by atoms with E-state index in [0.717, 1.165) is 25.9 Å². The predicted octanol–water partition coefficient (Wildman–Crippen LogP) is 2.29. The molecule has 2 aliphatic heterocycles. The Kier molecular flexibility index (Phi) is 3.17. The molecule has 0 aliphatic carbocycles. The molecule has 17 heavy (non-hydrogen) atoms. The highest BCUT2D eigenvalue weighted by Crippen LogP contribution is 2.37. The van der Waals surface area contributed by atoms with Gasteiger partial charge in [-0.05, 0) is 59.7 Å². The second kappa shape index (κ2) is 4.52. The lowest BCUT2D eigenvalue weighted by molar-refractivity contribution is -0.0438. The van der Waals surface area contributed by atoms with Crippen LogP contribution in [0.5, 0.6) is 0 Å². The second-order valence-electron chi connectivity index (χ2n) is 5.44. The van der Waals surface area contributed by atoms with Gasteiger partial charge in [0.1, 0.15) is 0 Å². The van der Waals surface area contributed by atoms with Gasteiger partial charge in [0.2, 0.25) is 0 Å². The van der Waals surface area contributed by atoms with Gasteiger partial charge in [0.25, 0.3) is 0 Å². The van der Waals surface area contributed by atoms with Crippen molar-refractivity contribution in [3.63, 3.8) is 0 Å². The first-order valence-electron chi connectivity index (χ1n) is 6.35. The Labute approximate surface area is 116 Å². The summed E-state index contributed by atoms with van der Waals surface area (Å²) < 4.78 is 1.26. The van der Waals surface area contributed by atoms with Crippen LogP contribution in [-0.4, -0.2) is 35.2 Å². The number of halogens is 1. The molecule has 2 heterocycles. The molecule has 3 unspecified atom stereocenters. The minimum atomic E-state index is -0.459. The lowest BCUT2D eigenvalue weighted by Gasteiger charge is -2.39. The first-order valence-corrected chi connectivity index (χ1v) is 7.43. The summed E-state index contributed by atoms with van der Waals surface area (Å²) in [5, 5.41) is 10.9. The zero-order valence-corrected chi connectivity index (χ0v) is 12.1. The fourth-order valence-electron chi connectivity index (χ4n) is 3.22. The van der Waals surface area contributed by atoms with Crippen molar-refractivity contribution in [2.75, 3.05) is 19.6 Å². The summed E-state index contributed by atoms with van der Waals surface area (Å²) in [5.41, 5.74) is 0.813. The van der Waals surface area contributed by atoms with Crippen molar-refractivity contribution < 1.29 is 5.11 Å². The van der Waals surface area contributed by atoms with E-state index < -0.39 is 5.60 Å². The fraction of sp³-hybridized carbons (Fsp3) is 0.571. The van der Waals surface area contributed by atoms with E-state index in [0.29, 0.717) is 5.92 Å². The zero-order valence-electron chi connectivity index (χ0n) is 9.90. The molecule has 3 atom stereocenters. The normalized spacial score (nSPS) is 36.1. The molecule has 2 fully saturated rings. The lowest BCUT2D eigenvalue weighted by atomic mass is 9.78. The van der Waals surface area contributed by atoms with Crippen molar-refractivity contribution in [2.45, 2.75) is 24.9 Å². The zero-order chi connectivity index (χ0) is 11.9. The van der Waals surface area contributed by atoms with E-state index in [1.165, 1.54) is 22.1 Å². The number of benzene rings is 1.